The number of rotatable bonds is 5. The molecule has 3 aromatic heterocycles. The monoisotopic (exact) mass is 434 g/mol. The van der Waals surface area contributed by atoms with E-state index in [-0.39, 0.29) is 0 Å². The Morgan fingerprint density at radius 3 is 2.42 bits per heavy atom. The van der Waals surface area contributed by atoms with Crippen LogP contribution in [-0.4, -0.2) is 20.3 Å². The molecule has 120 valence electrons. The van der Waals surface area contributed by atoms with Crippen molar-refractivity contribution in [3.8, 4) is 0 Å². The van der Waals surface area contributed by atoms with Gasteiger partial charge in [-0.25, -0.2) is 14.6 Å². The second-order valence-electron chi connectivity index (χ2n) is 4.90. The zero-order chi connectivity index (χ0) is 16.4. The summed E-state index contributed by atoms with van der Waals surface area (Å²) >= 11 is 2.25. The van der Waals surface area contributed by atoms with Crippen LogP contribution in [0.3, 0.4) is 0 Å². The molecule has 9 heteroatoms. The lowest BCUT2D eigenvalue weighted by molar-refractivity contribution is 0.314. The number of furan rings is 1. The van der Waals surface area contributed by atoms with Crippen LogP contribution < -0.4 is 10.6 Å². The van der Waals surface area contributed by atoms with Crippen LogP contribution in [-0.2, 0) is 6.54 Å². The first kappa shape index (κ1) is 14.9. The molecule has 0 aliphatic heterocycles. The van der Waals surface area contributed by atoms with Crippen LogP contribution in [0.1, 0.15) is 5.76 Å². The molecule has 0 fully saturated rings. The molecule has 0 aliphatic carbocycles. The van der Waals surface area contributed by atoms with Gasteiger partial charge in [0, 0.05) is 9.26 Å². The number of halogens is 1. The smallest absolute Gasteiger partial charge is 0.245 e. The highest BCUT2D eigenvalue weighted by atomic mass is 127. The van der Waals surface area contributed by atoms with Crippen LogP contribution in [0.15, 0.2) is 51.7 Å². The summed E-state index contributed by atoms with van der Waals surface area (Å²) in [6.07, 6.45) is 1.62. The van der Waals surface area contributed by atoms with Crippen LogP contribution in [0.25, 0.3) is 11.3 Å². The first-order valence-electron chi connectivity index (χ1n) is 7.07. The maximum Gasteiger partial charge on any atom is 0.245 e. The Hall–Kier alpha value is -2.69. The van der Waals surface area contributed by atoms with Gasteiger partial charge in [-0.05, 0) is 69.3 Å². The van der Waals surface area contributed by atoms with Gasteiger partial charge in [0.2, 0.25) is 11.3 Å². The highest BCUT2D eigenvalue weighted by Gasteiger charge is 2.13. The van der Waals surface area contributed by atoms with Crippen molar-refractivity contribution in [1.82, 2.24) is 20.3 Å². The van der Waals surface area contributed by atoms with Crippen molar-refractivity contribution < 1.29 is 9.05 Å². The maximum absolute atomic E-state index is 5.32. The molecule has 8 nitrogen and oxygen atoms in total. The average molecular weight is 434 g/mol. The first-order valence-corrected chi connectivity index (χ1v) is 8.15. The molecular weight excluding hydrogens is 423 g/mol. The largest absolute Gasteiger partial charge is 0.467 e. The minimum absolute atomic E-state index is 0.338. The fourth-order valence-corrected chi connectivity index (χ4v) is 2.46. The van der Waals surface area contributed by atoms with Crippen LogP contribution in [0.2, 0.25) is 0 Å². The number of benzene rings is 1. The molecule has 0 amide bonds. The highest BCUT2D eigenvalue weighted by molar-refractivity contribution is 14.1. The van der Waals surface area contributed by atoms with E-state index in [1.54, 1.807) is 6.26 Å². The summed E-state index contributed by atoms with van der Waals surface area (Å²) in [5, 5.41) is 13.9. The third-order valence-corrected chi connectivity index (χ3v) is 3.95. The lowest BCUT2D eigenvalue weighted by Gasteiger charge is -2.11. The van der Waals surface area contributed by atoms with Gasteiger partial charge in [-0.2, -0.15) is 0 Å². The minimum atomic E-state index is 0.338. The lowest BCUT2D eigenvalue weighted by Crippen LogP contribution is -2.06. The predicted molar refractivity (Wildman–Crippen MR) is 95.9 cm³/mol. The third-order valence-electron chi connectivity index (χ3n) is 3.23. The summed E-state index contributed by atoms with van der Waals surface area (Å²) in [5.41, 5.74) is 1.57. The van der Waals surface area contributed by atoms with Gasteiger partial charge in [0.15, 0.2) is 11.6 Å². The molecule has 0 radical (unpaired) electrons. The summed E-state index contributed by atoms with van der Waals surface area (Å²) in [7, 11) is 0. The van der Waals surface area contributed by atoms with Gasteiger partial charge in [-0.1, -0.05) is 0 Å². The molecular formula is C15H11IN6O2. The van der Waals surface area contributed by atoms with Crippen molar-refractivity contribution in [2.45, 2.75) is 6.54 Å². The van der Waals surface area contributed by atoms with E-state index in [4.69, 9.17) is 9.05 Å². The first-order chi connectivity index (χ1) is 11.8. The fourth-order valence-electron chi connectivity index (χ4n) is 2.10. The Labute approximate surface area is 149 Å². The molecule has 2 N–H and O–H groups in total. The topological polar surface area (TPSA) is 102 Å². The quantitative estimate of drug-likeness (QED) is 0.460. The third kappa shape index (κ3) is 3.15. The zero-order valence-corrected chi connectivity index (χ0v) is 14.4. The van der Waals surface area contributed by atoms with E-state index in [9.17, 15) is 0 Å². The van der Waals surface area contributed by atoms with Gasteiger partial charge >= 0.3 is 0 Å². The van der Waals surface area contributed by atoms with E-state index in [1.165, 1.54) is 0 Å². The normalized spacial score (nSPS) is 10.9. The van der Waals surface area contributed by atoms with E-state index >= 15 is 0 Å². The molecule has 0 unspecified atom stereocenters. The average Bonchev–Trinajstić information content (AvgIpc) is 3.25. The second-order valence-corrected chi connectivity index (χ2v) is 6.14. The minimum Gasteiger partial charge on any atom is -0.467 e. The van der Waals surface area contributed by atoms with Crippen molar-refractivity contribution in [3.05, 3.63) is 52.0 Å². The van der Waals surface area contributed by atoms with Crippen molar-refractivity contribution in [2.24, 2.45) is 0 Å². The number of nitrogens with one attached hydrogen (secondary N) is 2. The number of hydrogen-bond donors (Lipinski definition) is 2. The summed E-state index contributed by atoms with van der Waals surface area (Å²) in [6, 6.07) is 11.6. The van der Waals surface area contributed by atoms with E-state index in [0.717, 1.165) is 15.0 Å². The Bertz CT molecular complexity index is 952. The van der Waals surface area contributed by atoms with Gasteiger partial charge in [0.1, 0.15) is 5.76 Å². The highest BCUT2D eigenvalue weighted by Crippen LogP contribution is 2.24. The molecule has 3 heterocycles. The van der Waals surface area contributed by atoms with Gasteiger partial charge in [0.05, 0.1) is 12.8 Å². The number of hydrogen-bond acceptors (Lipinski definition) is 8. The van der Waals surface area contributed by atoms with Gasteiger partial charge in [-0.15, -0.1) is 0 Å². The SMILES string of the molecule is Ic1ccc(Nc2nc3nonc3nc2NCc2ccco2)cc1. The summed E-state index contributed by atoms with van der Waals surface area (Å²) < 4.78 is 11.2. The maximum atomic E-state index is 5.32. The van der Waals surface area contributed by atoms with E-state index in [0.29, 0.717) is 29.5 Å². The predicted octanol–water partition coefficient (Wildman–Crippen LogP) is 3.57. The number of aromatic nitrogens is 4. The number of fused-ring (bicyclic) bond motifs is 1. The van der Waals surface area contributed by atoms with Gasteiger partial charge in [-0.3, -0.25) is 0 Å². The molecule has 0 aliphatic rings. The molecule has 0 atom stereocenters. The van der Waals surface area contributed by atoms with Crippen molar-refractivity contribution in [2.75, 3.05) is 10.6 Å². The van der Waals surface area contributed by atoms with Crippen LogP contribution >= 0.6 is 22.6 Å². The number of anilines is 3. The molecule has 0 saturated carbocycles. The number of nitrogens with zero attached hydrogens (tertiary/aromatic N) is 4. The second kappa shape index (κ2) is 6.43. The fraction of sp³-hybridized carbons (Fsp3) is 0.0667. The summed E-state index contributed by atoms with van der Waals surface area (Å²) in [6.45, 7) is 0.472. The van der Waals surface area contributed by atoms with Crippen LogP contribution in [0, 0.1) is 3.57 Å². The van der Waals surface area contributed by atoms with Crippen molar-refractivity contribution >= 4 is 51.2 Å². The van der Waals surface area contributed by atoms with E-state index in [1.807, 2.05) is 36.4 Å². The molecule has 4 rings (SSSR count). The lowest BCUT2D eigenvalue weighted by atomic mass is 10.3. The molecule has 1 aromatic carbocycles. The standard InChI is InChI=1S/C15H11IN6O2/c16-9-3-5-10(6-4-9)18-13-12(17-8-11-2-1-7-23-11)19-14-15(20-13)22-24-21-14/h1-7H,8H2,(H,17,19,21)(H,18,20,22). The Kier molecular flexibility index (Phi) is 3.99. The summed E-state index contributed by atoms with van der Waals surface area (Å²) in [5.74, 6) is 1.86. The zero-order valence-electron chi connectivity index (χ0n) is 12.2. The van der Waals surface area contributed by atoms with Crippen LogP contribution in [0.5, 0.6) is 0 Å². The Morgan fingerprint density at radius 2 is 1.71 bits per heavy atom. The summed E-state index contributed by atoms with van der Waals surface area (Å²) in [4.78, 5) is 8.82. The Morgan fingerprint density at radius 1 is 0.958 bits per heavy atom. The van der Waals surface area contributed by atoms with E-state index < -0.39 is 0 Å². The Balaban J connectivity index is 1.65. The molecule has 0 saturated heterocycles. The van der Waals surface area contributed by atoms with Gasteiger partial charge in [0.25, 0.3) is 0 Å². The molecule has 0 spiro atoms. The van der Waals surface area contributed by atoms with Crippen molar-refractivity contribution in [3.63, 3.8) is 0 Å². The van der Waals surface area contributed by atoms with Gasteiger partial charge < -0.3 is 15.1 Å². The van der Waals surface area contributed by atoms with Crippen molar-refractivity contribution in [1.29, 1.82) is 0 Å². The van der Waals surface area contributed by atoms with E-state index in [2.05, 4.69) is 53.5 Å². The molecule has 4 aromatic rings. The molecule has 0 bridgehead atoms. The molecule has 24 heavy (non-hydrogen) atoms. The van der Waals surface area contributed by atoms with Crippen LogP contribution in [0.4, 0.5) is 17.3 Å².